The number of benzene rings is 4. The molecule has 4 aliphatic rings. The van der Waals surface area contributed by atoms with E-state index in [1.165, 1.54) is 29.5 Å². The van der Waals surface area contributed by atoms with Crippen molar-refractivity contribution in [2.24, 2.45) is 5.92 Å². The minimum Gasteiger partial charge on any atom is -0.506 e. The van der Waals surface area contributed by atoms with Crippen molar-refractivity contribution in [3.63, 3.8) is 0 Å². The summed E-state index contributed by atoms with van der Waals surface area (Å²) >= 11 is 5.41. The number of ketones is 1. The molecule has 1 spiro atoms. The van der Waals surface area contributed by atoms with Crippen LogP contribution in [0, 0.1) is 12.8 Å². The third-order valence-electron chi connectivity index (χ3n) is 13.6. The third-order valence-corrected chi connectivity index (χ3v) is 14.0. The molecule has 8 rings (SSSR count). The van der Waals surface area contributed by atoms with Crippen molar-refractivity contribution < 1.29 is 48.7 Å². The lowest BCUT2D eigenvalue weighted by atomic mass is 9.60. The number of carboxylic acids is 2. The first-order valence-electron chi connectivity index (χ1n) is 23.4. The van der Waals surface area contributed by atoms with E-state index in [9.17, 15) is 29.7 Å². The van der Waals surface area contributed by atoms with Crippen LogP contribution in [0.25, 0.3) is 16.8 Å². The van der Waals surface area contributed by atoms with Gasteiger partial charge < -0.3 is 39.2 Å². The molecule has 3 heterocycles. The van der Waals surface area contributed by atoms with Gasteiger partial charge in [0.25, 0.3) is 5.17 Å². The first-order valence-corrected chi connectivity index (χ1v) is 23.8. The Morgan fingerprint density at radius 1 is 0.899 bits per heavy atom. The molecule has 362 valence electrons. The van der Waals surface area contributed by atoms with E-state index in [1.54, 1.807) is 26.0 Å². The SMILES string of the molecule is CC(C)=CCCC1(C)C=Cc2c(O)c3c(c(CC=C(C)C)c2O1)OC12C(=CCCC1C(C)(C)OC2(CC=C(C)C(=O)O)C(=O)O)C3=O.Cc1cccc(N(C)C(=S)Oc2ccc3ccccc3c2)c1. The van der Waals surface area contributed by atoms with Crippen LogP contribution in [0.5, 0.6) is 23.0 Å². The number of hydrogen-bond donors (Lipinski definition) is 3. The van der Waals surface area contributed by atoms with Gasteiger partial charge in [-0.15, -0.1) is 0 Å². The molecule has 1 aliphatic carbocycles. The molecule has 0 amide bonds. The molecule has 4 aromatic rings. The van der Waals surface area contributed by atoms with E-state index in [1.807, 2.05) is 101 Å². The van der Waals surface area contributed by atoms with Crippen molar-refractivity contribution in [2.45, 2.75) is 123 Å². The van der Waals surface area contributed by atoms with Gasteiger partial charge in [0.15, 0.2) is 11.4 Å². The molecule has 3 N–H and O–H groups in total. The fourth-order valence-electron chi connectivity index (χ4n) is 10.0. The van der Waals surface area contributed by atoms with Crippen molar-refractivity contribution in [1.82, 2.24) is 0 Å². The Labute approximate surface area is 410 Å². The molecular weight excluding hydrogens is 891 g/mol. The fourth-order valence-corrected chi connectivity index (χ4v) is 10.2. The number of carbonyl (C=O) groups excluding carboxylic acids is 1. The van der Waals surface area contributed by atoms with E-state index < -0.39 is 46.0 Å². The number of thiocarbonyl (C=S) groups is 1. The molecule has 12 heteroatoms. The Bertz CT molecular complexity index is 2900. The number of anilines is 1. The quantitative estimate of drug-likeness (QED) is 0.0745. The van der Waals surface area contributed by atoms with Crippen LogP contribution in [-0.4, -0.2) is 67.7 Å². The summed E-state index contributed by atoms with van der Waals surface area (Å²) in [4.78, 5) is 41.9. The minimum absolute atomic E-state index is 0.0407. The summed E-state index contributed by atoms with van der Waals surface area (Å²) in [5.74, 6) is -2.78. The van der Waals surface area contributed by atoms with Crippen LogP contribution in [-0.2, 0) is 20.7 Å². The van der Waals surface area contributed by atoms with Crippen molar-refractivity contribution in [3.05, 3.63) is 142 Å². The second kappa shape index (κ2) is 19.5. The number of aromatic hydroxyl groups is 1. The van der Waals surface area contributed by atoms with Crippen molar-refractivity contribution in [1.29, 1.82) is 0 Å². The van der Waals surface area contributed by atoms with Gasteiger partial charge in [0, 0.05) is 41.8 Å². The number of fused-ring (bicyclic) bond motifs is 3. The van der Waals surface area contributed by atoms with Gasteiger partial charge >= 0.3 is 11.9 Å². The average molecular weight is 954 g/mol. The molecule has 69 heavy (non-hydrogen) atoms. The van der Waals surface area contributed by atoms with Crippen LogP contribution in [0.3, 0.4) is 0 Å². The second-order valence-corrected chi connectivity index (χ2v) is 20.1. The lowest BCUT2D eigenvalue weighted by Crippen LogP contribution is -2.66. The summed E-state index contributed by atoms with van der Waals surface area (Å²) in [5, 5.41) is 35.2. The number of hydrogen-bond acceptors (Lipinski definition) is 9. The smallest absolute Gasteiger partial charge is 0.340 e. The maximum atomic E-state index is 14.7. The van der Waals surface area contributed by atoms with Crippen molar-refractivity contribution in [2.75, 3.05) is 11.9 Å². The Hall–Kier alpha value is -6.50. The zero-order valence-electron chi connectivity index (χ0n) is 41.2. The van der Waals surface area contributed by atoms with Crippen LogP contribution < -0.4 is 19.1 Å². The van der Waals surface area contributed by atoms with E-state index in [0.29, 0.717) is 47.7 Å². The zero-order valence-corrected chi connectivity index (χ0v) is 42.0. The van der Waals surface area contributed by atoms with Gasteiger partial charge in [-0.2, -0.15) is 0 Å². The molecular formula is C57H63NO10S. The number of allylic oxidation sites excluding steroid dienone is 5. The predicted molar refractivity (Wildman–Crippen MR) is 275 cm³/mol. The average Bonchev–Trinajstić information content (AvgIpc) is 3.50. The molecule has 3 aliphatic heterocycles. The number of phenols is 1. The van der Waals surface area contributed by atoms with Crippen LogP contribution >= 0.6 is 12.2 Å². The van der Waals surface area contributed by atoms with E-state index in [-0.39, 0.29) is 34.6 Å². The van der Waals surface area contributed by atoms with E-state index >= 15 is 0 Å². The number of phenolic OH excluding ortho intramolecular Hbond substituents is 1. The van der Waals surface area contributed by atoms with Gasteiger partial charge in [-0.25, -0.2) is 9.59 Å². The highest BCUT2D eigenvalue weighted by Gasteiger charge is 2.77. The highest BCUT2D eigenvalue weighted by Crippen LogP contribution is 2.64. The maximum absolute atomic E-state index is 14.7. The number of carboxylic acid groups (broad SMARTS) is 2. The molecule has 1 fully saturated rings. The normalized spacial score (nSPS) is 22.7. The van der Waals surface area contributed by atoms with Crippen LogP contribution in [0.2, 0.25) is 0 Å². The van der Waals surface area contributed by atoms with Gasteiger partial charge in [-0.1, -0.05) is 77.9 Å². The van der Waals surface area contributed by atoms with Gasteiger partial charge in [0.2, 0.25) is 5.60 Å². The largest absolute Gasteiger partial charge is 0.506 e. The maximum Gasteiger partial charge on any atom is 0.340 e. The minimum atomic E-state index is -2.16. The van der Waals surface area contributed by atoms with Crippen LogP contribution in [0.15, 0.2) is 119 Å². The highest BCUT2D eigenvalue weighted by atomic mass is 32.1. The van der Waals surface area contributed by atoms with Gasteiger partial charge in [0.05, 0.1) is 11.2 Å². The molecule has 0 aromatic heterocycles. The van der Waals surface area contributed by atoms with Gasteiger partial charge in [0.1, 0.15) is 34.2 Å². The first kappa shape index (κ1) is 50.4. The molecule has 4 atom stereocenters. The summed E-state index contributed by atoms with van der Waals surface area (Å²) in [6, 6.07) is 22.3. The molecule has 1 saturated heterocycles. The molecule has 4 unspecified atom stereocenters. The molecule has 0 saturated carbocycles. The van der Waals surface area contributed by atoms with Crippen molar-refractivity contribution >= 4 is 57.7 Å². The molecule has 11 nitrogen and oxygen atoms in total. The summed E-state index contributed by atoms with van der Waals surface area (Å²) in [6.07, 6.45) is 13.1. The number of aliphatic carboxylic acids is 2. The number of Topliss-reactive ketones (excluding diaryl/α,β-unsaturated/α-hetero) is 1. The lowest BCUT2D eigenvalue weighted by molar-refractivity contribution is -0.184. The summed E-state index contributed by atoms with van der Waals surface area (Å²) in [5.41, 5.74) is -0.457. The third kappa shape index (κ3) is 9.61. The zero-order chi connectivity index (χ0) is 50.2. The standard InChI is InChI=1S/C38H46O9.C19H17NOS/c1-21(2)11-10-18-36(8)19-17-24-29(39)28-30(40)26-12-9-13-27-35(6,7)47-37(34(43)44,20-16-23(5)33(41)42)38(26,27)46-32(28)25(31(24)45-36)15-14-22(3)4;1-14-6-5-9-17(12-14)20(2)19(22)21-18-11-10-15-7-3-4-8-16(15)13-18/h11-12,14,16-17,19,27,39H,9-10,13,15,18,20H2,1-8H3,(H,41,42)(H,43,44);3-13H,1-2H3. The Morgan fingerprint density at radius 3 is 2.28 bits per heavy atom. The molecule has 0 bridgehead atoms. The highest BCUT2D eigenvalue weighted by molar-refractivity contribution is 7.80. The monoisotopic (exact) mass is 953 g/mol. The number of aryl methyl sites for hydroxylation is 1. The van der Waals surface area contributed by atoms with Crippen LogP contribution in [0.4, 0.5) is 5.69 Å². The van der Waals surface area contributed by atoms with Gasteiger partial charge in [-0.3, -0.25) is 4.79 Å². The van der Waals surface area contributed by atoms with Crippen molar-refractivity contribution in [3.8, 4) is 23.0 Å². The number of ether oxygens (including phenoxy) is 4. The summed E-state index contributed by atoms with van der Waals surface area (Å²) < 4.78 is 26.1. The number of carbonyl (C=O) groups is 3. The Morgan fingerprint density at radius 2 is 1.61 bits per heavy atom. The number of nitrogens with zero attached hydrogens (tertiary/aromatic N) is 1. The lowest BCUT2D eigenvalue weighted by Gasteiger charge is -2.50. The van der Waals surface area contributed by atoms with E-state index in [2.05, 4.69) is 37.3 Å². The predicted octanol–water partition coefficient (Wildman–Crippen LogP) is 12.5. The number of rotatable bonds is 11. The molecule has 4 aromatic carbocycles. The first-order chi connectivity index (χ1) is 32.5. The van der Waals surface area contributed by atoms with E-state index in [4.69, 9.17) is 31.2 Å². The summed E-state index contributed by atoms with van der Waals surface area (Å²) in [6.45, 7) is 17.0. The molecule has 0 radical (unpaired) electrons. The topological polar surface area (TPSA) is 152 Å². The van der Waals surface area contributed by atoms with Crippen LogP contribution in [0.1, 0.15) is 115 Å². The van der Waals surface area contributed by atoms with Gasteiger partial charge in [-0.05, 0) is 159 Å². The fraction of sp³-hybridized carbons (Fsp3) is 0.368. The Balaban J connectivity index is 0.000000265. The summed E-state index contributed by atoms with van der Waals surface area (Å²) in [7, 11) is 1.91. The Kier molecular flexibility index (Phi) is 14.2. The second-order valence-electron chi connectivity index (χ2n) is 19.8. The van der Waals surface area contributed by atoms with E-state index in [0.717, 1.165) is 28.8 Å².